The number of unbranched alkanes of at least 4 members (excludes halogenated alkanes) is 36. The second-order valence-electron chi connectivity index (χ2n) is 36.8. The summed E-state index contributed by atoms with van der Waals surface area (Å²) in [6, 6.07) is 22.9. The van der Waals surface area contributed by atoms with Crippen LogP contribution in [-0.2, 0) is 21.7 Å². The second kappa shape index (κ2) is 51.0. The molecule has 6 aromatic carbocycles. The van der Waals surface area contributed by atoms with Crippen molar-refractivity contribution in [3.63, 3.8) is 0 Å². The monoisotopic (exact) mass is 1570 g/mol. The van der Waals surface area contributed by atoms with E-state index in [-0.39, 0.29) is 44.7 Å². The number of benzene rings is 6. The van der Waals surface area contributed by atoms with Crippen LogP contribution in [0.25, 0.3) is 10.8 Å². The molecule has 0 aromatic heterocycles. The topological polar surface area (TPSA) is 167 Å². The lowest BCUT2D eigenvalue weighted by Crippen LogP contribution is -2.17. The van der Waals surface area contributed by atoms with Crippen LogP contribution >= 0.6 is 0 Å². The Morgan fingerprint density at radius 1 is 0.246 bits per heavy atom. The van der Waals surface area contributed by atoms with Crippen molar-refractivity contribution in [2.24, 2.45) is 20.0 Å². The summed E-state index contributed by atoms with van der Waals surface area (Å²) in [6.45, 7) is 36.9. The lowest BCUT2D eigenvalue weighted by molar-refractivity contribution is 0.258. The second-order valence-corrected chi connectivity index (χ2v) is 36.8. The molecule has 6 aromatic rings. The van der Waals surface area contributed by atoms with Gasteiger partial charge in [0.25, 0.3) is 0 Å². The number of aliphatic imine (C=N–C) groups is 4. The van der Waals surface area contributed by atoms with Crippen molar-refractivity contribution in [3.8, 4) is 46.0 Å². The van der Waals surface area contributed by atoms with Gasteiger partial charge >= 0.3 is 0 Å². The number of aromatic hydroxyl groups is 4. The molecule has 0 unspecified atom stereocenters. The molecular weight excluding hydrogens is 1410 g/mol. The van der Waals surface area contributed by atoms with Gasteiger partial charge in [-0.15, -0.1) is 0 Å². The maximum atomic E-state index is 12.1. The predicted molar refractivity (Wildman–Crippen MR) is 490 cm³/mol. The summed E-state index contributed by atoms with van der Waals surface area (Å²) in [5.41, 5.74) is 6.80. The fourth-order valence-corrected chi connectivity index (χ4v) is 14.7. The number of fused-ring (bicyclic) bond motifs is 1. The summed E-state index contributed by atoms with van der Waals surface area (Å²) < 4.78 is 26.8. The van der Waals surface area contributed by atoms with Gasteiger partial charge in [-0.25, -0.2) is 0 Å². The van der Waals surface area contributed by atoms with Crippen LogP contribution < -0.4 is 18.9 Å². The standard InChI is InChI=1S/C102H156N4O8/c1-17-21-25-29-33-37-41-45-49-53-57-111-93-69-87(89(71-95(93)113-59-55-51-47-43-39-35-31-27-23-19-3)105-75-81-63-83(99(5,6)7)67-85(97(81)109)101(11,12)13)103-73-79-61-77-66-92(108)80(62-78(77)65-91(79)107)74-104-88-70-94(112-58-54-50-46-42-38-34-30-26-22-18-2)96(114-60-56-52-48-44-40-36-32-28-24-20-4)72-90(88)106-76-82-64-84(100(8,9)10)68-86(98(82)110)102(14,15)16/h61-76,107-110H,17-60H2,1-16H3. The smallest absolute Gasteiger partial charge is 0.163 e. The maximum Gasteiger partial charge on any atom is 0.163 e. The Kier molecular flexibility index (Phi) is 42.7. The molecule has 0 fully saturated rings. The zero-order chi connectivity index (χ0) is 82.8. The molecule has 0 aliphatic rings. The lowest BCUT2D eigenvalue weighted by atomic mass is 9.79. The molecule has 0 aliphatic heterocycles. The average Bonchev–Trinajstić information content (AvgIpc) is 0.798. The average molecular weight is 1570 g/mol. The first-order valence-electron chi connectivity index (χ1n) is 45.5. The van der Waals surface area contributed by atoms with Crippen LogP contribution in [0, 0.1) is 0 Å². The van der Waals surface area contributed by atoms with Gasteiger partial charge in [-0.05, 0) is 106 Å². The third kappa shape index (κ3) is 34.5. The van der Waals surface area contributed by atoms with Crippen molar-refractivity contribution < 1.29 is 39.4 Å². The van der Waals surface area contributed by atoms with E-state index in [2.05, 4.69) is 123 Å². The summed E-state index contributed by atoms with van der Waals surface area (Å²) in [6.07, 6.45) is 55.5. The zero-order valence-corrected chi connectivity index (χ0v) is 74.6. The summed E-state index contributed by atoms with van der Waals surface area (Å²) in [5.74, 6) is 2.67. The number of ether oxygens (including phenoxy) is 4. The number of phenols is 4. The van der Waals surface area contributed by atoms with E-state index in [0.717, 1.165) is 73.6 Å². The third-order valence-corrected chi connectivity index (χ3v) is 22.2. The summed E-state index contributed by atoms with van der Waals surface area (Å²) in [4.78, 5) is 20.6. The molecule has 0 spiro atoms. The fraction of sp³-hybridized carbons (Fsp3) is 0.627. The van der Waals surface area contributed by atoms with Gasteiger partial charge in [0.05, 0.1) is 49.2 Å². The Balaban J connectivity index is 1.40. The largest absolute Gasteiger partial charge is 0.507 e. The predicted octanol–water partition coefficient (Wildman–Crippen LogP) is 31.1. The molecule has 0 aliphatic carbocycles. The molecule has 0 bridgehead atoms. The maximum absolute atomic E-state index is 12.1. The Hall–Kier alpha value is -7.34. The van der Waals surface area contributed by atoms with Crippen LogP contribution in [0.15, 0.2) is 92.8 Å². The molecular formula is C102H156N4O8. The highest BCUT2D eigenvalue weighted by Crippen LogP contribution is 2.45. The van der Waals surface area contributed by atoms with Crippen LogP contribution in [0.3, 0.4) is 0 Å². The number of hydrogen-bond donors (Lipinski definition) is 4. The molecule has 0 saturated carbocycles. The number of rotatable bonds is 56. The Morgan fingerprint density at radius 2 is 0.456 bits per heavy atom. The van der Waals surface area contributed by atoms with E-state index in [4.69, 9.17) is 38.9 Å². The quantitative estimate of drug-likeness (QED) is 0.0216. The highest BCUT2D eigenvalue weighted by atomic mass is 16.5. The van der Waals surface area contributed by atoms with Crippen molar-refractivity contribution in [1.29, 1.82) is 0 Å². The van der Waals surface area contributed by atoms with Crippen LogP contribution in [-0.4, -0.2) is 71.7 Å². The number of hydrogen-bond acceptors (Lipinski definition) is 12. The summed E-state index contributed by atoms with van der Waals surface area (Å²) >= 11 is 0. The summed E-state index contributed by atoms with van der Waals surface area (Å²) in [7, 11) is 0. The summed E-state index contributed by atoms with van der Waals surface area (Å²) in [5, 5.41) is 49.5. The first kappa shape index (κ1) is 95.5. The van der Waals surface area contributed by atoms with E-state index in [9.17, 15) is 20.4 Å². The van der Waals surface area contributed by atoms with Crippen molar-refractivity contribution >= 4 is 58.4 Å². The molecule has 0 heterocycles. The minimum absolute atomic E-state index is 0.0139. The van der Waals surface area contributed by atoms with E-state index in [1.165, 1.54) is 205 Å². The van der Waals surface area contributed by atoms with E-state index in [1.54, 1.807) is 37.0 Å². The van der Waals surface area contributed by atoms with E-state index >= 15 is 0 Å². The zero-order valence-electron chi connectivity index (χ0n) is 74.6. The van der Waals surface area contributed by atoms with Gasteiger partial charge in [0.15, 0.2) is 23.0 Å². The van der Waals surface area contributed by atoms with Crippen molar-refractivity contribution in [2.45, 2.75) is 389 Å². The van der Waals surface area contributed by atoms with Crippen LogP contribution in [0.1, 0.15) is 412 Å². The highest BCUT2D eigenvalue weighted by molar-refractivity contribution is 6.00. The molecule has 6 rings (SSSR count). The third-order valence-electron chi connectivity index (χ3n) is 22.2. The molecule has 0 saturated heterocycles. The van der Waals surface area contributed by atoms with Gasteiger partial charge < -0.3 is 39.4 Å². The molecule has 632 valence electrons. The van der Waals surface area contributed by atoms with E-state index in [0.29, 0.717) is 105 Å². The SMILES string of the molecule is CCCCCCCCCCCCOc1cc(N=Cc2cc3cc(O)c(C=Nc4cc(OCCCCCCCCCCCC)c(OCCCCCCCCCCCC)cc4N=Cc4cc(C(C)(C)C)cc(C(C)(C)C)c4O)cc3cc2O)c(N=Cc2cc(C(C)(C)C)cc(C(C)(C)C)c2O)cc1OCCCCCCCCCCCC. The Labute approximate surface area is 692 Å². The minimum atomic E-state index is -0.343. The highest BCUT2D eigenvalue weighted by Gasteiger charge is 2.27. The molecule has 12 heteroatoms. The van der Waals surface area contributed by atoms with Crippen LogP contribution in [0.2, 0.25) is 0 Å². The van der Waals surface area contributed by atoms with Crippen molar-refractivity contribution in [2.75, 3.05) is 26.4 Å². The molecule has 0 radical (unpaired) electrons. The van der Waals surface area contributed by atoms with Gasteiger partial charge in [0.1, 0.15) is 23.0 Å². The van der Waals surface area contributed by atoms with E-state index < -0.39 is 0 Å². The normalized spacial score (nSPS) is 12.5. The van der Waals surface area contributed by atoms with Gasteiger partial charge in [0.2, 0.25) is 0 Å². The van der Waals surface area contributed by atoms with Crippen LogP contribution in [0.4, 0.5) is 22.7 Å². The Bertz CT molecular complexity index is 3640. The first-order valence-corrected chi connectivity index (χ1v) is 45.5. The molecule has 4 N–H and O–H groups in total. The van der Waals surface area contributed by atoms with Gasteiger partial charge in [0, 0.05) is 82.5 Å². The minimum Gasteiger partial charge on any atom is -0.507 e. The lowest BCUT2D eigenvalue weighted by Gasteiger charge is -2.27. The van der Waals surface area contributed by atoms with Crippen LogP contribution in [0.5, 0.6) is 46.0 Å². The van der Waals surface area contributed by atoms with Crippen molar-refractivity contribution in [1.82, 2.24) is 0 Å². The molecule has 0 atom stereocenters. The van der Waals surface area contributed by atoms with Gasteiger partial charge in [-0.3, -0.25) is 20.0 Å². The molecule has 114 heavy (non-hydrogen) atoms. The first-order chi connectivity index (χ1) is 54.7. The fourth-order valence-electron chi connectivity index (χ4n) is 14.7. The van der Waals surface area contributed by atoms with Gasteiger partial charge in [-0.1, -0.05) is 354 Å². The molecule has 12 nitrogen and oxygen atoms in total. The van der Waals surface area contributed by atoms with Gasteiger partial charge in [-0.2, -0.15) is 0 Å². The van der Waals surface area contributed by atoms with Crippen molar-refractivity contribution in [3.05, 3.63) is 117 Å². The molecule has 0 amide bonds. The Morgan fingerprint density at radius 3 is 0.667 bits per heavy atom. The number of nitrogens with zero attached hydrogens (tertiary/aromatic N) is 4. The van der Waals surface area contributed by atoms with E-state index in [1.807, 2.05) is 48.5 Å². The number of phenolic OH excluding ortho intramolecular Hbond substituents is 4.